The van der Waals surface area contributed by atoms with Crippen LogP contribution in [-0.2, 0) is 15.0 Å². The number of fused-ring (bicyclic) bond motifs is 3. The van der Waals surface area contributed by atoms with Gasteiger partial charge in [-0.3, -0.25) is 19.4 Å². The lowest BCUT2D eigenvalue weighted by molar-refractivity contribution is -0.122. The van der Waals surface area contributed by atoms with Crippen LogP contribution in [0.2, 0.25) is 5.02 Å². The average Bonchev–Trinajstić information content (AvgIpc) is 3.52. The molecule has 2 amide bonds. The zero-order chi connectivity index (χ0) is 30.1. The average molecular weight is 593 g/mol. The number of amides is 2. The molecular weight excluding hydrogens is 563 g/mol. The van der Waals surface area contributed by atoms with Gasteiger partial charge in [-0.15, -0.1) is 0 Å². The maximum Gasteiger partial charge on any atom is 0.335 e. The number of nitrogens with zero attached hydrogens (tertiary/aromatic N) is 3. The third-order valence-corrected chi connectivity index (χ3v) is 8.91. The minimum atomic E-state index is -1.34. The molecule has 0 saturated carbocycles. The number of anilines is 2. The van der Waals surface area contributed by atoms with Crippen LogP contribution in [0.3, 0.4) is 0 Å². The van der Waals surface area contributed by atoms with Gasteiger partial charge in [0.1, 0.15) is 22.8 Å². The molecule has 9 nitrogen and oxygen atoms in total. The Bertz CT molecular complexity index is 1640. The summed E-state index contributed by atoms with van der Waals surface area (Å²) in [5.41, 5.74) is -0.444. The predicted octanol–water partition coefficient (Wildman–Crippen LogP) is 5.05. The molecule has 3 aromatic rings. The van der Waals surface area contributed by atoms with Crippen LogP contribution in [0.1, 0.15) is 54.6 Å². The molecule has 0 unspecified atom stereocenters. The topological polar surface area (TPSA) is 112 Å². The van der Waals surface area contributed by atoms with E-state index in [-0.39, 0.29) is 45.8 Å². The third kappa shape index (κ3) is 3.99. The fourth-order valence-corrected chi connectivity index (χ4v) is 7.22. The smallest absolute Gasteiger partial charge is 0.335 e. The molecule has 11 heteroatoms. The lowest BCUT2D eigenvalue weighted by Gasteiger charge is -2.40. The van der Waals surface area contributed by atoms with Gasteiger partial charge in [-0.1, -0.05) is 50.6 Å². The van der Waals surface area contributed by atoms with E-state index < -0.39 is 35.2 Å². The van der Waals surface area contributed by atoms with Gasteiger partial charge < -0.3 is 15.2 Å². The first-order chi connectivity index (χ1) is 19.9. The first kappa shape index (κ1) is 28.1. The summed E-state index contributed by atoms with van der Waals surface area (Å²) in [6, 6.07) is 11.1. The largest absolute Gasteiger partial charge is 0.495 e. The fourth-order valence-electron chi connectivity index (χ4n) is 7.04. The molecule has 0 radical (unpaired) electrons. The summed E-state index contributed by atoms with van der Waals surface area (Å²) < 4.78 is 21.5. The van der Waals surface area contributed by atoms with Crippen LogP contribution < -0.4 is 15.0 Å². The van der Waals surface area contributed by atoms with Gasteiger partial charge in [0.05, 0.1) is 36.1 Å². The van der Waals surface area contributed by atoms with E-state index in [9.17, 15) is 19.5 Å². The number of hydrogen-bond donors (Lipinski definition) is 2. The highest BCUT2D eigenvalue weighted by molar-refractivity contribution is 6.30. The Labute approximate surface area is 247 Å². The molecule has 218 valence electrons. The molecule has 1 aromatic heterocycles. The number of hydrogen-bond acceptors (Lipinski definition) is 6. The number of pyridine rings is 1. The second-order valence-corrected chi connectivity index (χ2v) is 12.6. The zero-order valence-electron chi connectivity index (χ0n) is 23.5. The van der Waals surface area contributed by atoms with Crippen molar-refractivity contribution < 1.29 is 28.6 Å². The number of benzene rings is 2. The summed E-state index contributed by atoms with van der Waals surface area (Å²) in [5, 5.41) is 12.3. The number of methoxy groups -OCH3 is 1. The van der Waals surface area contributed by atoms with Crippen LogP contribution in [0.5, 0.6) is 5.75 Å². The molecule has 0 bridgehead atoms. The predicted molar refractivity (Wildman–Crippen MR) is 154 cm³/mol. The molecule has 4 heterocycles. The second kappa shape index (κ2) is 9.78. The molecule has 2 aromatic carbocycles. The Hall–Kier alpha value is -4.02. The molecule has 0 aliphatic carbocycles. The van der Waals surface area contributed by atoms with Crippen LogP contribution in [-0.4, -0.2) is 58.6 Å². The lowest BCUT2D eigenvalue weighted by atomic mass is 9.62. The van der Waals surface area contributed by atoms with Crippen molar-refractivity contribution in [1.82, 2.24) is 9.88 Å². The standard InChI is InChI=1S/C31H30ClFN4O5/c1-30(2,3)14-22-31(18-8-6-12-34-26(18)35-29(31)41)23(17-7-5-9-19(32)24(17)33)25-27(38)36(15-37(22)25)20-11-10-16(28(39)40)13-21(20)42-4/h5-13,22-23,25H,14-15H2,1-4H3,(H,39,40)(H,34,35,41)/t22-,23-,25+,31+/m0/s1. The van der Waals surface area contributed by atoms with Crippen molar-refractivity contribution in [1.29, 1.82) is 0 Å². The number of ether oxygens (including phenoxy) is 1. The van der Waals surface area contributed by atoms with Gasteiger partial charge >= 0.3 is 5.97 Å². The first-order valence-electron chi connectivity index (χ1n) is 13.6. The van der Waals surface area contributed by atoms with Crippen molar-refractivity contribution in [3.63, 3.8) is 0 Å². The van der Waals surface area contributed by atoms with Gasteiger partial charge in [-0.05, 0) is 47.7 Å². The van der Waals surface area contributed by atoms with Crippen LogP contribution in [0.4, 0.5) is 15.9 Å². The van der Waals surface area contributed by atoms with Crippen molar-refractivity contribution in [3.8, 4) is 5.75 Å². The second-order valence-electron chi connectivity index (χ2n) is 12.2. The van der Waals surface area contributed by atoms with E-state index in [4.69, 9.17) is 16.3 Å². The summed E-state index contributed by atoms with van der Waals surface area (Å²) >= 11 is 6.29. The van der Waals surface area contributed by atoms with E-state index in [0.717, 1.165) is 0 Å². The Kier molecular flexibility index (Phi) is 6.54. The molecule has 3 aliphatic heterocycles. The van der Waals surface area contributed by atoms with Crippen molar-refractivity contribution in [3.05, 3.63) is 82.3 Å². The fraction of sp³-hybridized carbons (Fsp3) is 0.355. The number of nitrogens with one attached hydrogen (secondary N) is 1. The zero-order valence-corrected chi connectivity index (χ0v) is 24.3. The van der Waals surface area contributed by atoms with Crippen LogP contribution >= 0.6 is 11.6 Å². The van der Waals surface area contributed by atoms with E-state index in [1.165, 1.54) is 36.3 Å². The highest BCUT2D eigenvalue weighted by Crippen LogP contribution is 2.61. The van der Waals surface area contributed by atoms with Crippen LogP contribution in [0.15, 0.2) is 54.7 Å². The van der Waals surface area contributed by atoms with E-state index in [2.05, 4.69) is 31.1 Å². The quantitative estimate of drug-likeness (QED) is 0.426. The van der Waals surface area contributed by atoms with E-state index in [1.54, 1.807) is 24.4 Å². The molecule has 6 rings (SSSR count). The normalized spacial score (nSPS) is 25.1. The number of carbonyl (C=O) groups is 3. The van der Waals surface area contributed by atoms with Gasteiger partial charge in [-0.25, -0.2) is 14.2 Å². The number of carboxylic acids is 1. The maximum atomic E-state index is 16.0. The highest BCUT2D eigenvalue weighted by atomic mass is 35.5. The number of halogens is 2. The molecule has 42 heavy (non-hydrogen) atoms. The van der Waals surface area contributed by atoms with Gasteiger partial charge in [0.2, 0.25) is 11.8 Å². The van der Waals surface area contributed by atoms with Gasteiger partial charge in [0.25, 0.3) is 0 Å². The number of aromatic nitrogens is 1. The molecule has 4 atom stereocenters. The molecule has 2 fully saturated rings. The lowest BCUT2D eigenvalue weighted by Crippen LogP contribution is -2.52. The Morgan fingerprint density at radius 2 is 1.98 bits per heavy atom. The third-order valence-electron chi connectivity index (χ3n) is 8.61. The van der Waals surface area contributed by atoms with Gasteiger partial charge in [0, 0.05) is 23.7 Å². The number of carbonyl (C=O) groups excluding carboxylic acids is 2. The monoisotopic (exact) mass is 592 g/mol. The molecule has 3 aliphatic rings. The minimum absolute atomic E-state index is 0.0120. The summed E-state index contributed by atoms with van der Waals surface area (Å²) in [6.07, 6.45) is 2.09. The summed E-state index contributed by atoms with van der Waals surface area (Å²) in [5.74, 6) is -2.85. The molecule has 1 spiro atoms. The maximum absolute atomic E-state index is 16.0. The van der Waals surface area contributed by atoms with E-state index >= 15 is 4.39 Å². The van der Waals surface area contributed by atoms with Crippen molar-refractivity contribution in [2.24, 2.45) is 5.41 Å². The Morgan fingerprint density at radius 1 is 1.21 bits per heavy atom. The van der Waals surface area contributed by atoms with E-state index in [1.807, 2.05) is 11.0 Å². The number of rotatable bonds is 5. The van der Waals surface area contributed by atoms with Gasteiger partial charge in [0.15, 0.2) is 0 Å². The van der Waals surface area contributed by atoms with Crippen molar-refractivity contribution in [2.75, 3.05) is 24.0 Å². The van der Waals surface area contributed by atoms with Crippen molar-refractivity contribution >= 4 is 40.9 Å². The first-order valence-corrected chi connectivity index (χ1v) is 14.0. The molecular formula is C31H30ClFN4O5. The summed E-state index contributed by atoms with van der Waals surface area (Å²) in [4.78, 5) is 48.3. The van der Waals surface area contributed by atoms with Crippen LogP contribution in [0, 0.1) is 11.2 Å². The SMILES string of the molecule is COc1cc(C(=O)O)ccc1N1CN2[C@@H](CC(C)(C)C)[C@@]3(C(=O)Nc4ncccc43)[C@@H](c3cccc(Cl)c3F)[C@@H]2C1=O. The minimum Gasteiger partial charge on any atom is -0.495 e. The summed E-state index contributed by atoms with van der Waals surface area (Å²) in [6.45, 7) is 6.26. The Morgan fingerprint density at radius 3 is 2.67 bits per heavy atom. The molecule has 2 saturated heterocycles. The van der Waals surface area contributed by atoms with Crippen LogP contribution in [0.25, 0.3) is 0 Å². The highest BCUT2D eigenvalue weighted by Gasteiger charge is 2.71. The molecule has 2 N–H and O–H groups in total. The van der Waals surface area contributed by atoms with E-state index in [0.29, 0.717) is 23.5 Å². The summed E-state index contributed by atoms with van der Waals surface area (Å²) in [7, 11) is 1.40. The number of aromatic carboxylic acids is 1. The Balaban J connectivity index is 1.59. The number of carboxylic acid groups (broad SMARTS) is 1. The van der Waals surface area contributed by atoms with Gasteiger partial charge in [-0.2, -0.15) is 0 Å². The van der Waals surface area contributed by atoms with Crippen molar-refractivity contribution in [2.45, 2.75) is 50.6 Å².